The predicted octanol–water partition coefficient (Wildman–Crippen LogP) is 4.72. The molecule has 0 aliphatic rings. The number of rotatable bonds is 9. The van der Waals surface area contributed by atoms with Crippen LogP contribution in [0.1, 0.15) is 17.4 Å². The summed E-state index contributed by atoms with van der Waals surface area (Å²) in [6, 6.07) is 8.59. The first kappa shape index (κ1) is 25.7. The van der Waals surface area contributed by atoms with Gasteiger partial charge in [-0.25, -0.2) is 19.6 Å². The number of fused-ring (bicyclic) bond motifs is 1. The lowest BCUT2D eigenvalue weighted by atomic mass is 10.2. The lowest BCUT2D eigenvalue weighted by Crippen LogP contribution is -2.15. The van der Waals surface area contributed by atoms with Crippen LogP contribution in [0.15, 0.2) is 61.3 Å². The molecule has 0 saturated carbocycles. The minimum Gasteiger partial charge on any atom is -0.493 e. The molecule has 4 aromatic heterocycles. The third-order valence-electron chi connectivity index (χ3n) is 5.46. The Morgan fingerprint density at radius 3 is 2.46 bits per heavy atom. The van der Waals surface area contributed by atoms with E-state index in [1.165, 1.54) is 29.5 Å². The molecule has 0 aliphatic heterocycles. The molecule has 5 aromatic rings. The van der Waals surface area contributed by atoms with Gasteiger partial charge in [-0.1, -0.05) is 11.6 Å². The van der Waals surface area contributed by atoms with E-state index in [2.05, 4.69) is 30.4 Å². The maximum Gasteiger partial charge on any atom is 0.281 e. The summed E-state index contributed by atoms with van der Waals surface area (Å²) in [5, 5.41) is 7.88. The van der Waals surface area contributed by atoms with Gasteiger partial charge in [-0.05, 0) is 31.2 Å². The Kier molecular flexibility index (Phi) is 7.37. The molecular formula is C26H22ClN7O5. The highest BCUT2D eigenvalue weighted by molar-refractivity contribution is 6.30. The molecule has 1 amide bonds. The summed E-state index contributed by atoms with van der Waals surface area (Å²) in [7, 11) is 3.12. The SMILES string of the molecule is CCOc1cn(-c2nccnc2Cl)nc1C(=O)Nc1ccc(Oc2ccnc3cc(OC)c(OC)cc23)cn1. The summed E-state index contributed by atoms with van der Waals surface area (Å²) >= 11 is 6.13. The van der Waals surface area contributed by atoms with Crippen LogP contribution in [-0.2, 0) is 0 Å². The third kappa shape index (κ3) is 5.36. The van der Waals surface area contributed by atoms with Gasteiger partial charge >= 0.3 is 0 Å². The number of pyridine rings is 2. The number of carbonyl (C=O) groups excluding carboxylic acids is 1. The van der Waals surface area contributed by atoms with Gasteiger partial charge in [0.1, 0.15) is 17.3 Å². The zero-order chi connectivity index (χ0) is 27.4. The maximum absolute atomic E-state index is 13.0. The number of aromatic nitrogens is 6. The van der Waals surface area contributed by atoms with E-state index in [1.54, 1.807) is 57.7 Å². The van der Waals surface area contributed by atoms with E-state index in [0.717, 1.165) is 5.39 Å². The second kappa shape index (κ2) is 11.2. The zero-order valence-corrected chi connectivity index (χ0v) is 21.8. The van der Waals surface area contributed by atoms with Gasteiger partial charge in [-0.15, -0.1) is 0 Å². The Labute approximate surface area is 227 Å². The minimum absolute atomic E-state index is 0.0355. The van der Waals surface area contributed by atoms with E-state index >= 15 is 0 Å². The van der Waals surface area contributed by atoms with Crippen molar-refractivity contribution in [1.29, 1.82) is 0 Å². The molecule has 13 heteroatoms. The Morgan fingerprint density at radius 2 is 1.74 bits per heavy atom. The highest BCUT2D eigenvalue weighted by Crippen LogP contribution is 2.36. The van der Waals surface area contributed by atoms with Crippen molar-refractivity contribution in [2.24, 2.45) is 0 Å². The van der Waals surface area contributed by atoms with Crippen molar-refractivity contribution in [3.63, 3.8) is 0 Å². The van der Waals surface area contributed by atoms with E-state index in [1.807, 2.05) is 0 Å². The number of anilines is 1. The molecule has 0 fully saturated rings. The third-order valence-corrected chi connectivity index (χ3v) is 5.73. The lowest BCUT2D eigenvalue weighted by Gasteiger charge is -2.12. The highest BCUT2D eigenvalue weighted by Gasteiger charge is 2.21. The average Bonchev–Trinajstić information content (AvgIpc) is 3.37. The van der Waals surface area contributed by atoms with Gasteiger partial charge in [-0.3, -0.25) is 9.78 Å². The number of nitrogens with one attached hydrogen (secondary N) is 1. The van der Waals surface area contributed by atoms with Crippen molar-refractivity contribution in [1.82, 2.24) is 29.7 Å². The van der Waals surface area contributed by atoms with E-state index in [9.17, 15) is 4.79 Å². The number of benzene rings is 1. The Morgan fingerprint density at radius 1 is 0.949 bits per heavy atom. The molecule has 39 heavy (non-hydrogen) atoms. The molecule has 0 radical (unpaired) electrons. The van der Waals surface area contributed by atoms with Crippen LogP contribution in [0.4, 0.5) is 5.82 Å². The number of amides is 1. The van der Waals surface area contributed by atoms with Crippen molar-refractivity contribution in [2.75, 3.05) is 26.1 Å². The number of halogens is 1. The average molecular weight is 548 g/mol. The minimum atomic E-state index is -0.528. The molecule has 5 rings (SSSR count). The number of methoxy groups -OCH3 is 2. The van der Waals surface area contributed by atoms with Crippen LogP contribution < -0.4 is 24.3 Å². The van der Waals surface area contributed by atoms with Crippen molar-refractivity contribution < 1.29 is 23.7 Å². The van der Waals surface area contributed by atoms with E-state index < -0.39 is 5.91 Å². The summed E-state index contributed by atoms with van der Waals surface area (Å²) in [6.45, 7) is 2.12. The van der Waals surface area contributed by atoms with Crippen LogP contribution in [0.3, 0.4) is 0 Å². The quantitative estimate of drug-likeness (QED) is 0.276. The molecule has 0 bridgehead atoms. The van der Waals surface area contributed by atoms with Crippen molar-refractivity contribution in [3.8, 4) is 34.6 Å². The van der Waals surface area contributed by atoms with E-state index in [4.69, 9.17) is 30.5 Å². The molecule has 0 aliphatic carbocycles. The van der Waals surface area contributed by atoms with Gasteiger partial charge in [-0.2, -0.15) is 5.10 Å². The normalized spacial score (nSPS) is 10.8. The van der Waals surface area contributed by atoms with Crippen molar-refractivity contribution >= 4 is 34.2 Å². The van der Waals surface area contributed by atoms with Crippen LogP contribution in [0.2, 0.25) is 5.15 Å². The molecule has 1 N–H and O–H groups in total. The fourth-order valence-corrected chi connectivity index (χ4v) is 3.90. The van der Waals surface area contributed by atoms with Crippen LogP contribution in [0, 0.1) is 0 Å². The van der Waals surface area contributed by atoms with Gasteiger partial charge in [0.2, 0.25) is 0 Å². The molecular weight excluding hydrogens is 526 g/mol. The topological polar surface area (TPSA) is 135 Å². The summed E-state index contributed by atoms with van der Waals surface area (Å²) in [5.41, 5.74) is 0.711. The fourth-order valence-electron chi connectivity index (χ4n) is 3.71. The fraction of sp³-hybridized carbons (Fsp3) is 0.154. The highest BCUT2D eigenvalue weighted by atomic mass is 35.5. The molecule has 4 heterocycles. The molecule has 0 spiro atoms. The molecule has 0 atom stereocenters. The largest absolute Gasteiger partial charge is 0.493 e. The smallest absolute Gasteiger partial charge is 0.281 e. The second-order valence-electron chi connectivity index (χ2n) is 7.86. The first-order valence-electron chi connectivity index (χ1n) is 11.7. The van der Waals surface area contributed by atoms with Crippen LogP contribution in [-0.4, -0.2) is 56.5 Å². The van der Waals surface area contributed by atoms with Gasteiger partial charge in [0.15, 0.2) is 33.9 Å². The van der Waals surface area contributed by atoms with Crippen molar-refractivity contribution in [2.45, 2.75) is 6.92 Å². The molecule has 0 saturated heterocycles. The number of ether oxygens (including phenoxy) is 4. The molecule has 0 unspecified atom stereocenters. The first-order chi connectivity index (χ1) is 19.0. The van der Waals surface area contributed by atoms with Gasteiger partial charge in [0.25, 0.3) is 5.91 Å². The standard InChI is InChI=1S/C26H22ClN7O5/c1-4-38-21-14-34(25-24(27)29-9-10-30-25)33-23(21)26(35)32-22-6-5-15(13-31-22)39-18-7-8-28-17-12-20(37-3)19(36-2)11-16(17)18/h5-14H,4H2,1-3H3,(H,31,32,35). The van der Waals surface area contributed by atoms with Gasteiger partial charge in [0.05, 0.1) is 38.7 Å². The second-order valence-corrected chi connectivity index (χ2v) is 8.22. The Balaban J connectivity index is 1.35. The van der Waals surface area contributed by atoms with Gasteiger partial charge in [0, 0.05) is 30.0 Å². The summed E-state index contributed by atoms with van der Waals surface area (Å²) in [4.78, 5) is 29.9. The Bertz CT molecular complexity index is 1640. The molecule has 198 valence electrons. The summed E-state index contributed by atoms with van der Waals surface area (Å²) < 4.78 is 23.7. The zero-order valence-electron chi connectivity index (χ0n) is 21.1. The monoisotopic (exact) mass is 547 g/mol. The predicted molar refractivity (Wildman–Crippen MR) is 142 cm³/mol. The van der Waals surface area contributed by atoms with Crippen LogP contribution >= 0.6 is 11.6 Å². The molecule has 1 aromatic carbocycles. The maximum atomic E-state index is 13.0. The van der Waals surface area contributed by atoms with E-state index in [-0.39, 0.29) is 28.2 Å². The van der Waals surface area contributed by atoms with Gasteiger partial charge < -0.3 is 24.3 Å². The van der Waals surface area contributed by atoms with E-state index in [0.29, 0.717) is 35.1 Å². The first-order valence-corrected chi connectivity index (χ1v) is 12.0. The van der Waals surface area contributed by atoms with Crippen LogP contribution in [0.25, 0.3) is 16.7 Å². The number of hydrogen-bond donors (Lipinski definition) is 1. The van der Waals surface area contributed by atoms with Crippen molar-refractivity contribution in [3.05, 3.63) is 72.2 Å². The number of hydrogen-bond acceptors (Lipinski definition) is 10. The van der Waals surface area contributed by atoms with Crippen LogP contribution in [0.5, 0.6) is 28.7 Å². The summed E-state index contributed by atoms with van der Waals surface area (Å²) in [5.74, 6) is 2.39. The number of carbonyl (C=O) groups is 1. The summed E-state index contributed by atoms with van der Waals surface area (Å²) in [6.07, 6.45) is 7.57. The lowest BCUT2D eigenvalue weighted by molar-refractivity contribution is 0.101. The number of nitrogens with zero attached hydrogens (tertiary/aromatic N) is 6. The Hall–Kier alpha value is -4.97. The molecule has 12 nitrogen and oxygen atoms in total.